The van der Waals surface area contributed by atoms with Crippen molar-refractivity contribution >= 4 is 17.6 Å². The summed E-state index contributed by atoms with van der Waals surface area (Å²) in [5.74, 6) is 3.75. The van der Waals surface area contributed by atoms with Gasteiger partial charge in [0.15, 0.2) is 0 Å². The standard InChI is InChI=1S/C9H17N3O3/c1-3-7(6(2)13)4-8(14)11-5-9(15)12-10/h7H,3-5,10H2,1-2H3,(H,11,14)(H,12,15). The molecule has 0 aromatic carbocycles. The normalized spacial score (nSPS) is 11.7. The second-order valence-corrected chi connectivity index (χ2v) is 3.26. The van der Waals surface area contributed by atoms with Gasteiger partial charge in [0.1, 0.15) is 5.78 Å². The Bertz CT molecular complexity index is 253. The molecule has 0 heterocycles. The summed E-state index contributed by atoms with van der Waals surface area (Å²) >= 11 is 0. The third-order valence-corrected chi connectivity index (χ3v) is 2.11. The van der Waals surface area contributed by atoms with E-state index < -0.39 is 5.91 Å². The predicted molar refractivity (Wildman–Crippen MR) is 54.4 cm³/mol. The molecule has 6 heteroatoms. The SMILES string of the molecule is CCC(CC(=O)NCC(=O)NN)C(C)=O. The summed E-state index contributed by atoms with van der Waals surface area (Å²) < 4.78 is 0. The van der Waals surface area contributed by atoms with Gasteiger partial charge in [-0.1, -0.05) is 6.92 Å². The van der Waals surface area contributed by atoms with Gasteiger partial charge in [-0.2, -0.15) is 0 Å². The highest BCUT2D eigenvalue weighted by Crippen LogP contribution is 2.08. The minimum Gasteiger partial charge on any atom is -0.347 e. The van der Waals surface area contributed by atoms with Crippen molar-refractivity contribution in [1.82, 2.24) is 10.7 Å². The molecular weight excluding hydrogens is 198 g/mol. The first-order valence-corrected chi connectivity index (χ1v) is 4.77. The van der Waals surface area contributed by atoms with E-state index in [4.69, 9.17) is 5.84 Å². The highest BCUT2D eigenvalue weighted by Gasteiger charge is 2.16. The number of ketones is 1. The molecule has 0 bridgehead atoms. The van der Waals surface area contributed by atoms with Crippen molar-refractivity contribution in [3.05, 3.63) is 0 Å². The Morgan fingerprint density at radius 3 is 2.27 bits per heavy atom. The number of carbonyl (C=O) groups is 3. The van der Waals surface area contributed by atoms with E-state index in [0.717, 1.165) is 0 Å². The van der Waals surface area contributed by atoms with Gasteiger partial charge < -0.3 is 5.32 Å². The van der Waals surface area contributed by atoms with Crippen LogP contribution in [0.3, 0.4) is 0 Å². The molecule has 1 unspecified atom stereocenters. The largest absolute Gasteiger partial charge is 0.347 e. The summed E-state index contributed by atoms with van der Waals surface area (Å²) in [5.41, 5.74) is 1.89. The molecule has 15 heavy (non-hydrogen) atoms. The van der Waals surface area contributed by atoms with Gasteiger partial charge in [0.05, 0.1) is 6.54 Å². The lowest BCUT2D eigenvalue weighted by Crippen LogP contribution is -2.40. The van der Waals surface area contributed by atoms with Crippen molar-refractivity contribution in [2.24, 2.45) is 11.8 Å². The first kappa shape index (κ1) is 13.6. The molecule has 0 radical (unpaired) electrons. The monoisotopic (exact) mass is 215 g/mol. The van der Waals surface area contributed by atoms with Crippen LogP contribution in [0.1, 0.15) is 26.7 Å². The zero-order valence-corrected chi connectivity index (χ0v) is 9.00. The van der Waals surface area contributed by atoms with Gasteiger partial charge in [0.25, 0.3) is 5.91 Å². The fourth-order valence-corrected chi connectivity index (χ4v) is 1.10. The smallest absolute Gasteiger partial charge is 0.253 e. The van der Waals surface area contributed by atoms with E-state index in [1.807, 2.05) is 12.3 Å². The van der Waals surface area contributed by atoms with Crippen molar-refractivity contribution < 1.29 is 14.4 Å². The second kappa shape index (κ2) is 6.94. The van der Waals surface area contributed by atoms with E-state index in [0.29, 0.717) is 6.42 Å². The van der Waals surface area contributed by atoms with Gasteiger partial charge in [-0.05, 0) is 13.3 Å². The molecule has 1 atom stereocenters. The molecule has 0 aromatic heterocycles. The molecule has 4 N–H and O–H groups in total. The molecule has 0 saturated carbocycles. The molecule has 0 rings (SSSR count). The molecule has 86 valence electrons. The number of Topliss-reactive ketones (excluding diaryl/α,β-unsaturated/α-hetero) is 1. The average Bonchev–Trinajstić information content (AvgIpc) is 2.21. The number of rotatable bonds is 6. The van der Waals surface area contributed by atoms with Gasteiger partial charge in [0, 0.05) is 12.3 Å². The maximum absolute atomic E-state index is 11.3. The van der Waals surface area contributed by atoms with Gasteiger partial charge >= 0.3 is 0 Å². The quantitative estimate of drug-likeness (QED) is 0.303. The van der Waals surface area contributed by atoms with Gasteiger partial charge in [-0.25, -0.2) is 5.84 Å². The highest BCUT2D eigenvalue weighted by atomic mass is 16.2. The molecule has 0 aliphatic carbocycles. The number of amides is 2. The van der Waals surface area contributed by atoms with Gasteiger partial charge in [0.2, 0.25) is 5.91 Å². The molecule has 0 aliphatic rings. The topological polar surface area (TPSA) is 101 Å². The minimum atomic E-state index is -0.473. The fourth-order valence-electron chi connectivity index (χ4n) is 1.10. The molecule has 0 aromatic rings. The summed E-state index contributed by atoms with van der Waals surface area (Å²) in [6.45, 7) is 3.13. The first-order valence-electron chi connectivity index (χ1n) is 4.77. The number of hydrogen-bond donors (Lipinski definition) is 3. The summed E-state index contributed by atoms with van der Waals surface area (Å²) in [6.07, 6.45) is 0.732. The molecule has 6 nitrogen and oxygen atoms in total. The number of hydrazine groups is 1. The van der Waals surface area contributed by atoms with Crippen LogP contribution in [0.5, 0.6) is 0 Å². The number of nitrogens with two attached hydrogens (primary N) is 1. The molecule has 0 spiro atoms. The Balaban J connectivity index is 3.91. The predicted octanol–water partition coefficient (Wildman–Crippen LogP) is -0.902. The maximum atomic E-state index is 11.3. The lowest BCUT2D eigenvalue weighted by Gasteiger charge is -2.10. The summed E-state index contributed by atoms with van der Waals surface area (Å²) in [5, 5.41) is 2.37. The Kier molecular flexibility index (Phi) is 6.28. The molecule has 0 aliphatic heterocycles. The van der Waals surface area contributed by atoms with E-state index in [2.05, 4.69) is 5.32 Å². The third-order valence-electron chi connectivity index (χ3n) is 2.11. The van der Waals surface area contributed by atoms with E-state index in [-0.39, 0.29) is 30.6 Å². The Morgan fingerprint density at radius 1 is 1.27 bits per heavy atom. The van der Waals surface area contributed by atoms with Gasteiger partial charge in [-0.15, -0.1) is 0 Å². The van der Waals surface area contributed by atoms with Crippen LogP contribution in [0.2, 0.25) is 0 Å². The van der Waals surface area contributed by atoms with E-state index in [1.165, 1.54) is 6.92 Å². The summed E-state index contributed by atoms with van der Waals surface area (Å²) in [7, 11) is 0. The number of carbonyl (C=O) groups excluding carboxylic acids is 3. The Labute approximate surface area is 88.6 Å². The lowest BCUT2D eigenvalue weighted by atomic mass is 9.98. The molecule has 0 saturated heterocycles. The Hall–Kier alpha value is -1.43. The van der Waals surface area contributed by atoms with Crippen molar-refractivity contribution in [3.63, 3.8) is 0 Å². The zero-order valence-electron chi connectivity index (χ0n) is 9.00. The second-order valence-electron chi connectivity index (χ2n) is 3.26. The lowest BCUT2D eigenvalue weighted by molar-refractivity contribution is -0.129. The summed E-state index contributed by atoms with van der Waals surface area (Å²) in [4.78, 5) is 33.0. The molecule has 0 fully saturated rings. The van der Waals surface area contributed by atoms with Crippen LogP contribution in [0.25, 0.3) is 0 Å². The first-order chi connectivity index (χ1) is 7.01. The van der Waals surface area contributed by atoms with Crippen LogP contribution < -0.4 is 16.6 Å². The van der Waals surface area contributed by atoms with Crippen LogP contribution in [-0.2, 0) is 14.4 Å². The molecular formula is C9H17N3O3. The van der Waals surface area contributed by atoms with E-state index >= 15 is 0 Å². The van der Waals surface area contributed by atoms with Crippen LogP contribution >= 0.6 is 0 Å². The third kappa shape index (κ3) is 5.79. The van der Waals surface area contributed by atoms with Crippen molar-refractivity contribution in [3.8, 4) is 0 Å². The van der Waals surface area contributed by atoms with Crippen LogP contribution in [0, 0.1) is 5.92 Å². The minimum absolute atomic E-state index is 0.0177. The fraction of sp³-hybridized carbons (Fsp3) is 0.667. The number of hydrogen-bond acceptors (Lipinski definition) is 4. The van der Waals surface area contributed by atoms with Crippen LogP contribution in [-0.4, -0.2) is 24.1 Å². The van der Waals surface area contributed by atoms with E-state index in [9.17, 15) is 14.4 Å². The summed E-state index contributed by atoms with van der Waals surface area (Å²) in [6, 6.07) is 0. The Morgan fingerprint density at radius 2 is 1.87 bits per heavy atom. The average molecular weight is 215 g/mol. The van der Waals surface area contributed by atoms with Crippen LogP contribution in [0.15, 0.2) is 0 Å². The van der Waals surface area contributed by atoms with Gasteiger partial charge in [-0.3, -0.25) is 19.8 Å². The van der Waals surface area contributed by atoms with Crippen molar-refractivity contribution in [2.75, 3.05) is 6.54 Å². The van der Waals surface area contributed by atoms with E-state index in [1.54, 1.807) is 0 Å². The zero-order chi connectivity index (χ0) is 11.8. The van der Waals surface area contributed by atoms with Crippen LogP contribution in [0.4, 0.5) is 0 Å². The number of nitrogens with one attached hydrogen (secondary N) is 2. The maximum Gasteiger partial charge on any atom is 0.253 e. The molecule has 2 amide bonds. The van der Waals surface area contributed by atoms with Crippen molar-refractivity contribution in [2.45, 2.75) is 26.7 Å². The van der Waals surface area contributed by atoms with Crippen molar-refractivity contribution in [1.29, 1.82) is 0 Å². The highest BCUT2D eigenvalue weighted by molar-refractivity contribution is 5.88.